The Kier molecular flexibility index (Phi) is 5.89. The summed E-state index contributed by atoms with van der Waals surface area (Å²) in [6.07, 6.45) is -0.809. The number of nitrogens with one attached hydrogen (secondary N) is 1. The fraction of sp³-hybridized carbons (Fsp3) is 0.190. The molecule has 3 rings (SSSR count). The van der Waals surface area contributed by atoms with Crippen molar-refractivity contribution >= 4 is 40.2 Å². The summed E-state index contributed by atoms with van der Waals surface area (Å²) in [4.78, 5) is 40.0. The van der Waals surface area contributed by atoms with Gasteiger partial charge < -0.3 is 19.5 Å². The summed E-state index contributed by atoms with van der Waals surface area (Å²) in [6.45, 7) is 2.11. The molecule has 0 bridgehead atoms. The first-order valence-electron chi connectivity index (χ1n) is 8.98. The average Bonchev–Trinajstić information content (AvgIpc) is 2.73. The van der Waals surface area contributed by atoms with E-state index in [0.717, 1.165) is 0 Å². The number of pyridine rings is 1. The van der Waals surface area contributed by atoms with Gasteiger partial charge in [0, 0.05) is 26.3 Å². The minimum atomic E-state index is -0.809. The number of anilines is 1. The van der Waals surface area contributed by atoms with Crippen LogP contribution in [0.25, 0.3) is 10.9 Å². The van der Waals surface area contributed by atoms with E-state index in [2.05, 4.69) is 5.32 Å². The van der Waals surface area contributed by atoms with Crippen LogP contribution in [-0.4, -0.2) is 30.2 Å². The Bertz CT molecular complexity index is 1140. The number of ether oxygens (including phenoxy) is 1. The fourth-order valence-corrected chi connectivity index (χ4v) is 3.39. The van der Waals surface area contributed by atoms with Gasteiger partial charge in [-0.25, -0.2) is 4.79 Å². The van der Waals surface area contributed by atoms with Crippen molar-refractivity contribution in [1.29, 1.82) is 0 Å². The third kappa shape index (κ3) is 3.69. The number of hydrogen-bond donors (Lipinski definition) is 1. The summed E-state index contributed by atoms with van der Waals surface area (Å²) in [7, 11) is 2.93. The quantitative estimate of drug-likeness (QED) is 0.708. The van der Waals surface area contributed by atoms with Gasteiger partial charge in [0.05, 0.1) is 15.9 Å². The van der Waals surface area contributed by atoms with Gasteiger partial charge in [0.25, 0.3) is 11.5 Å². The van der Waals surface area contributed by atoms with Crippen molar-refractivity contribution in [3.8, 4) is 5.75 Å². The number of carbonyl (C=O) groups excluding carboxylic acids is 2. The molecule has 0 spiro atoms. The normalized spacial score (nSPS) is 10.6. The Morgan fingerprint density at radius 1 is 1.14 bits per heavy atom. The first-order valence-corrected chi connectivity index (χ1v) is 9.36. The number of rotatable bonds is 4. The molecule has 1 heterocycles. The van der Waals surface area contributed by atoms with Gasteiger partial charge in [0.1, 0.15) is 5.56 Å². The SMILES string of the molecule is CCN(C(=O)c1c(OC(=O)NC)c2c(Cl)cccc2n(C)c1=O)c1ccccc1. The molecule has 1 N–H and O–H groups in total. The van der Waals surface area contributed by atoms with Gasteiger partial charge in [-0.3, -0.25) is 9.59 Å². The topological polar surface area (TPSA) is 80.6 Å². The van der Waals surface area contributed by atoms with Gasteiger partial charge in [-0.05, 0) is 31.2 Å². The highest BCUT2D eigenvalue weighted by Crippen LogP contribution is 2.34. The maximum Gasteiger partial charge on any atom is 0.412 e. The monoisotopic (exact) mass is 413 g/mol. The zero-order chi connectivity index (χ0) is 21.1. The molecule has 0 radical (unpaired) electrons. The predicted octanol–water partition coefficient (Wildman–Crippen LogP) is 3.58. The van der Waals surface area contributed by atoms with Crippen molar-refractivity contribution in [2.24, 2.45) is 7.05 Å². The largest absolute Gasteiger partial charge is 0.412 e. The summed E-state index contributed by atoms with van der Waals surface area (Å²) in [5.41, 5.74) is 0.216. The summed E-state index contributed by atoms with van der Waals surface area (Å²) < 4.78 is 6.70. The minimum Gasteiger partial charge on any atom is -0.408 e. The Labute approximate surface area is 172 Å². The van der Waals surface area contributed by atoms with Crippen LogP contribution in [0.4, 0.5) is 10.5 Å². The molecule has 2 aromatic carbocycles. The number of halogens is 1. The molecule has 29 heavy (non-hydrogen) atoms. The molecule has 0 fully saturated rings. The number of para-hydroxylation sites is 1. The second kappa shape index (κ2) is 8.36. The number of aryl methyl sites for hydroxylation is 1. The second-order valence-electron chi connectivity index (χ2n) is 6.23. The fourth-order valence-electron chi connectivity index (χ4n) is 3.14. The molecular formula is C21H20ClN3O4. The maximum atomic E-state index is 13.5. The van der Waals surface area contributed by atoms with Crippen LogP contribution in [0.2, 0.25) is 5.02 Å². The Balaban J connectivity index is 2.33. The number of carbonyl (C=O) groups is 2. The van der Waals surface area contributed by atoms with Gasteiger partial charge in [0.2, 0.25) is 0 Å². The number of nitrogens with zero attached hydrogens (tertiary/aromatic N) is 2. The molecule has 0 atom stereocenters. The summed E-state index contributed by atoms with van der Waals surface area (Å²) >= 11 is 6.37. The van der Waals surface area contributed by atoms with Crippen LogP contribution in [0.3, 0.4) is 0 Å². The van der Waals surface area contributed by atoms with E-state index in [1.807, 2.05) is 6.07 Å². The van der Waals surface area contributed by atoms with Crippen LogP contribution in [-0.2, 0) is 7.05 Å². The molecule has 1 aromatic heterocycles. The molecule has 150 valence electrons. The number of hydrogen-bond acceptors (Lipinski definition) is 4. The zero-order valence-corrected chi connectivity index (χ0v) is 17.0. The van der Waals surface area contributed by atoms with Crippen molar-refractivity contribution < 1.29 is 14.3 Å². The third-order valence-corrected chi connectivity index (χ3v) is 4.88. The summed E-state index contributed by atoms with van der Waals surface area (Å²) in [5.74, 6) is -0.743. The lowest BCUT2D eigenvalue weighted by Crippen LogP contribution is -2.37. The number of fused-ring (bicyclic) bond motifs is 1. The van der Waals surface area contributed by atoms with E-state index in [9.17, 15) is 14.4 Å². The van der Waals surface area contributed by atoms with Gasteiger partial charge >= 0.3 is 6.09 Å². The molecule has 7 nitrogen and oxygen atoms in total. The van der Waals surface area contributed by atoms with Gasteiger partial charge in [-0.1, -0.05) is 35.9 Å². The Morgan fingerprint density at radius 3 is 2.45 bits per heavy atom. The molecule has 8 heteroatoms. The summed E-state index contributed by atoms with van der Waals surface area (Å²) in [6, 6.07) is 13.9. The summed E-state index contributed by atoms with van der Waals surface area (Å²) in [5, 5.41) is 2.91. The lowest BCUT2D eigenvalue weighted by atomic mass is 10.1. The van der Waals surface area contributed by atoms with Crippen molar-refractivity contribution in [1.82, 2.24) is 9.88 Å². The van der Waals surface area contributed by atoms with Gasteiger partial charge in [-0.15, -0.1) is 0 Å². The minimum absolute atomic E-state index is 0.160. The highest BCUT2D eigenvalue weighted by molar-refractivity contribution is 6.36. The standard InChI is InChI=1S/C21H20ClN3O4/c1-4-25(13-9-6-5-7-10-13)20(27)17-18(29-21(28)23-2)16-14(22)11-8-12-15(16)24(3)19(17)26/h5-12H,4H2,1-3H3,(H,23,28). The van der Waals surface area contributed by atoms with Crippen LogP contribution in [0.5, 0.6) is 5.75 Å². The van der Waals surface area contributed by atoms with Crippen molar-refractivity contribution in [2.45, 2.75) is 6.92 Å². The molecule has 2 amide bonds. The van der Waals surface area contributed by atoms with Gasteiger partial charge in [0.15, 0.2) is 5.75 Å². The van der Waals surface area contributed by atoms with E-state index >= 15 is 0 Å². The maximum absolute atomic E-state index is 13.5. The zero-order valence-electron chi connectivity index (χ0n) is 16.2. The lowest BCUT2D eigenvalue weighted by Gasteiger charge is -2.23. The second-order valence-corrected chi connectivity index (χ2v) is 6.63. The van der Waals surface area contributed by atoms with E-state index < -0.39 is 17.6 Å². The number of aromatic nitrogens is 1. The van der Waals surface area contributed by atoms with Gasteiger partial charge in [-0.2, -0.15) is 0 Å². The van der Waals surface area contributed by atoms with E-state index in [1.165, 1.54) is 16.5 Å². The van der Waals surface area contributed by atoms with E-state index in [0.29, 0.717) is 23.1 Å². The van der Waals surface area contributed by atoms with Crippen molar-refractivity contribution in [3.05, 3.63) is 69.5 Å². The van der Waals surface area contributed by atoms with Crippen molar-refractivity contribution in [2.75, 3.05) is 18.5 Å². The molecule has 0 aliphatic heterocycles. The Hall–Kier alpha value is -3.32. The van der Waals surface area contributed by atoms with E-state index in [1.54, 1.807) is 56.4 Å². The molecule has 3 aromatic rings. The van der Waals surface area contributed by atoms with E-state index in [4.69, 9.17) is 16.3 Å². The van der Waals surface area contributed by atoms with Crippen LogP contribution < -0.4 is 20.5 Å². The van der Waals surface area contributed by atoms with Crippen LogP contribution in [0, 0.1) is 0 Å². The average molecular weight is 414 g/mol. The third-order valence-electron chi connectivity index (χ3n) is 4.57. The highest BCUT2D eigenvalue weighted by atomic mass is 35.5. The molecule has 0 saturated heterocycles. The first kappa shape index (κ1) is 20.4. The molecule has 0 aliphatic rings. The van der Waals surface area contributed by atoms with E-state index in [-0.39, 0.29) is 16.3 Å². The lowest BCUT2D eigenvalue weighted by molar-refractivity contribution is 0.0984. The van der Waals surface area contributed by atoms with Crippen LogP contribution >= 0.6 is 11.6 Å². The number of benzene rings is 2. The van der Waals surface area contributed by atoms with Crippen LogP contribution in [0.15, 0.2) is 53.3 Å². The molecule has 0 unspecified atom stereocenters. The number of amides is 2. The molecular weight excluding hydrogens is 394 g/mol. The van der Waals surface area contributed by atoms with Crippen LogP contribution in [0.1, 0.15) is 17.3 Å². The van der Waals surface area contributed by atoms with Crippen molar-refractivity contribution in [3.63, 3.8) is 0 Å². The smallest absolute Gasteiger partial charge is 0.408 e. The Morgan fingerprint density at radius 2 is 1.83 bits per heavy atom. The highest BCUT2D eigenvalue weighted by Gasteiger charge is 2.29. The molecule has 0 aliphatic carbocycles. The molecule has 0 saturated carbocycles. The first-order chi connectivity index (χ1) is 13.9. The predicted molar refractivity (Wildman–Crippen MR) is 113 cm³/mol.